The van der Waals surface area contributed by atoms with Crippen molar-refractivity contribution in [3.8, 4) is 16.9 Å². The van der Waals surface area contributed by atoms with Gasteiger partial charge in [-0.2, -0.15) is 5.10 Å². The van der Waals surface area contributed by atoms with Crippen LogP contribution in [-0.2, 0) is 10.5 Å². The smallest absolute Gasteiger partial charge is 0.360 e. The third-order valence-corrected chi connectivity index (χ3v) is 5.50. The summed E-state index contributed by atoms with van der Waals surface area (Å²) in [6.45, 7) is 2.07. The molecule has 0 radical (unpaired) electrons. The van der Waals surface area contributed by atoms with Crippen LogP contribution in [0.15, 0.2) is 53.4 Å². The van der Waals surface area contributed by atoms with Crippen LogP contribution in [0.3, 0.4) is 0 Å². The van der Waals surface area contributed by atoms with Gasteiger partial charge >= 0.3 is 11.9 Å². The Morgan fingerprint density at radius 3 is 2.63 bits per heavy atom. The lowest BCUT2D eigenvalue weighted by atomic mass is 10.1. The summed E-state index contributed by atoms with van der Waals surface area (Å²) in [5.41, 5.74) is 4.19. The number of carboxylic acids is 1. The molecule has 1 aliphatic heterocycles. The predicted molar refractivity (Wildman–Crippen MR) is 100 cm³/mol. The molecule has 0 amide bonds. The number of nitrogens with zero attached hydrogens (tertiary/aromatic N) is 1. The number of ether oxygens (including phenoxy) is 1. The van der Waals surface area contributed by atoms with E-state index in [9.17, 15) is 9.59 Å². The van der Waals surface area contributed by atoms with E-state index in [1.165, 1.54) is 0 Å². The topological polar surface area (TPSA) is 83.3 Å². The zero-order valence-corrected chi connectivity index (χ0v) is 15.4. The van der Waals surface area contributed by atoms with Gasteiger partial charge < -0.3 is 9.84 Å². The Morgan fingerprint density at radius 2 is 1.93 bits per heavy atom. The van der Waals surface area contributed by atoms with E-state index in [-0.39, 0.29) is 5.56 Å². The number of aromatic nitrogens is 2. The van der Waals surface area contributed by atoms with Gasteiger partial charge in [0.2, 0.25) is 5.69 Å². The molecular weight excluding hydrogens is 364 g/mol. The number of carboxylic acid groups (broad SMARTS) is 1. The lowest BCUT2D eigenvalue weighted by Gasteiger charge is -2.12. The van der Waals surface area contributed by atoms with Gasteiger partial charge in [-0.15, -0.1) is 11.8 Å². The second-order valence-corrected chi connectivity index (χ2v) is 7.02. The summed E-state index contributed by atoms with van der Waals surface area (Å²) >= 11 is 1.68. The fraction of sp³-hybridized carbons (Fsp3) is 0.150. The number of carbonyl (C=O) groups excluding carboxylic acids is 1. The molecule has 0 saturated heterocycles. The normalized spacial score (nSPS) is 12.2. The van der Waals surface area contributed by atoms with E-state index in [4.69, 9.17) is 9.84 Å². The van der Waals surface area contributed by atoms with Crippen molar-refractivity contribution in [1.29, 1.82) is 0 Å². The number of rotatable bonds is 4. The van der Waals surface area contributed by atoms with E-state index >= 15 is 0 Å². The highest BCUT2D eigenvalue weighted by Crippen LogP contribution is 2.41. The number of H-pyrrole nitrogens is 1. The van der Waals surface area contributed by atoms with Crippen LogP contribution in [0.1, 0.15) is 33.3 Å². The van der Waals surface area contributed by atoms with Gasteiger partial charge in [0.15, 0.2) is 5.69 Å². The maximum atomic E-state index is 12.5. The molecule has 0 saturated carbocycles. The lowest BCUT2D eigenvalue weighted by molar-refractivity contribution is -0.644. The molecule has 4 rings (SSSR count). The first kappa shape index (κ1) is 17.4. The Hall–Kier alpha value is -3.06. The average Bonchev–Trinajstić information content (AvgIpc) is 3.08. The van der Waals surface area contributed by atoms with Gasteiger partial charge in [0, 0.05) is 22.8 Å². The molecule has 1 aliphatic rings. The van der Waals surface area contributed by atoms with Gasteiger partial charge in [-0.3, -0.25) is 0 Å². The number of nitrogens with one attached hydrogen (secondary N) is 1. The quantitative estimate of drug-likeness (QED) is 0.534. The molecule has 0 spiro atoms. The second-order valence-electron chi connectivity index (χ2n) is 6.01. The summed E-state index contributed by atoms with van der Waals surface area (Å²) in [5, 5.41) is 12.3. The highest BCUT2D eigenvalue weighted by Gasteiger charge is 2.35. The summed E-state index contributed by atoms with van der Waals surface area (Å²) in [6, 6.07) is 14.6. The Labute approximate surface area is 159 Å². The van der Waals surface area contributed by atoms with Crippen LogP contribution in [0.5, 0.6) is 0 Å². The van der Waals surface area contributed by atoms with Crippen molar-refractivity contribution in [2.24, 2.45) is 0 Å². The summed E-state index contributed by atoms with van der Waals surface area (Å²) in [4.78, 5) is 24.7. The van der Waals surface area contributed by atoms with Gasteiger partial charge in [-0.25, -0.2) is 9.59 Å². The van der Waals surface area contributed by atoms with Crippen LogP contribution in [0, 0.1) is 0 Å². The van der Waals surface area contributed by atoms with Gasteiger partial charge in [-0.1, -0.05) is 16.8 Å². The Morgan fingerprint density at radius 1 is 1.19 bits per heavy atom. The molecule has 0 bridgehead atoms. The fourth-order valence-corrected chi connectivity index (χ4v) is 4.24. The van der Waals surface area contributed by atoms with Gasteiger partial charge in [0.05, 0.1) is 23.3 Å². The SMILES string of the molecule is CCOC(=O)c1[nH][n+](-c2ccc(C(=O)O)cc2)c2c1CSc1ccccc1-2. The van der Waals surface area contributed by atoms with E-state index in [2.05, 4.69) is 11.2 Å². The van der Waals surface area contributed by atoms with E-state index < -0.39 is 11.9 Å². The molecular formula is C20H17N2O4S+. The summed E-state index contributed by atoms with van der Waals surface area (Å²) in [5.74, 6) is -0.722. The third kappa shape index (κ3) is 3.00. The van der Waals surface area contributed by atoms with Crippen molar-refractivity contribution >= 4 is 23.7 Å². The number of aromatic amines is 1. The average molecular weight is 381 g/mol. The number of benzene rings is 2. The van der Waals surface area contributed by atoms with E-state index in [0.29, 0.717) is 18.1 Å². The molecule has 0 fully saturated rings. The molecule has 2 aromatic carbocycles. The van der Waals surface area contributed by atoms with Crippen LogP contribution in [0.2, 0.25) is 0 Å². The predicted octanol–water partition coefficient (Wildman–Crippen LogP) is 3.44. The van der Waals surface area contributed by atoms with Gasteiger partial charge in [0.25, 0.3) is 5.69 Å². The molecule has 6 nitrogen and oxygen atoms in total. The van der Waals surface area contributed by atoms with Crippen molar-refractivity contribution in [3.63, 3.8) is 0 Å². The van der Waals surface area contributed by atoms with Crippen LogP contribution in [0.25, 0.3) is 16.9 Å². The van der Waals surface area contributed by atoms with Crippen molar-refractivity contribution in [2.45, 2.75) is 17.6 Å². The molecule has 3 aromatic rings. The number of hydrogen-bond acceptors (Lipinski definition) is 4. The molecule has 136 valence electrons. The molecule has 2 N–H and O–H groups in total. The second kappa shape index (κ2) is 6.92. The molecule has 0 atom stereocenters. The molecule has 0 aliphatic carbocycles. The summed E-state index contributed by atoms with van der Waals surface area (Å²) in [6.07, 6.45) is 0. The van der Waals surface area contributed by atoms with Crippen LogP contribution >= 0.6 is 11.8 Å². The van der Waals surface area contributed by atoms with Crippen molar-refractivity contribution in [3.05, 3.63) is 65.4 Å². The highest BCUT2D eigenvalue weighted by atomic mass is 32.2. The lowest BCUT2D eigenvalue weighted by Crippen LogP contribution is -2.35. The van der Waals surface area contributed by atoms with Crippen molar-refractivity contribution in [1.82, 2.24) is 5.10 Å². The van der Waals surface area contributed by atoms with E-state index in [1.807, 2.05) is 22.9 Å². The molecule has 27 heavy (non-hydrogen) atoms. The monoisotopic (exact) mass is 381 g/mol. The fourth-order valence-electron chi connectivity index (χ4n) is 3.17. The van der Waals surface area contributed by atoms with E-state index in [0.717, 1.165) is 27.4 Å². The minimum Gasteiger partial charge on any atom is -0.478 e. The van der Waals surface area contributed by atoms with E-state index in [1.54, 1.807) is 43.0 Å². The van der Waals surface area contributed by atoms with Crippen LogP contribution in [0.4, 0.5) is 0 Å². The van der Waals surface area contributed by atoms with Gasteiger partial charge in [0.1, 0.15) is 0 Å². The number of carbonyl (C=O) groups is 2. The Kier molecular flexibility index (Phi) is 4.45. The molecule has 2 heterocycles. The largest absolute Gasteiger partial charge is 0.478 e. The Bertz CT molecular complexity index is 1040. The van der Waals surface area contributed by atoms with Crippen LogP contribution < -0.4 is 4.68 Å². The zero-order chi connectivity index (χ0) is 19.0. The van der Waals surface area contributed by atoms with Gasteiger partial charge in [-0.05, 0) is 31.2 Å². The number of aromatic carboxylic acids is 1. The molecule has 1 aromatic heterocycles. The zero-order valence-electron chi connectivity index (χ0n) is 14.6. The Balaban J connectivity index is 1.92. The van der Waals surface area contributed by atoms with Crippen molar-refractivity contribution in [2.75, 3.05) is 6.61 Å². The molecule has 0 unspecified atom stereocenters. The summed E-state index contributed by atoms with van der Waals surface area (Å²) < 4.78 is 7.04. The minimum absolute atomic E-state index is 0.210. The summed E-state index contributed by atoms with van der Waals surface area (Å²) in [7, 11) is 0. The highest BCUT2D eigenvalue weighted by molar-refractivity contribution is 7.98. The number of hydrogen-bond donors (Lipinski definition) is 2. The minimum atomic E-state index is -0.978. The first-order valence-electron chi connectivity index (χ1n) is 8.50. The number of thioether (sulfide) groups is 1. The third-order valence-electron chi connectivity index (χ3n) is 4.40. The van der Waals surface area contributed by atoms with Crippen LogP contribution in [-0.4, -0.2) is 28.8 Å². The molecule has 7 heteroatoms. The van der Waals surface area contributed by atoms with Crippen molar-refractivity contribution < 1.29 is 24.1 Å². The first-order chi connectivity index (χ1) is 13.1. The first-order valence-corrected chi connectivity index (χ1v) is 9.48. The maximum Gasteiger partial charge on any atom is 0.360 e. The number of fused-ring (bicyclic) bond motifs is 3. The standard InChI is InChI=1S/C20H16N2O4S/c1-2-26-20(25)17-15-11-27-16-6-4-3-5-14(16)18(15)22(21-17)13-9-7-12(8-10-13)19(23)24/h3-10H,2,11H2,1H3,(H,23,24)/p+1. The number of esters is 1. The maximum absolute atomic E-state index is 12.5.